The van der Waals surface area contributed by atoms with Gasteiger partial charge >= 0.3 is 0 Å². The van der Waals surface area contributed by atoms with E-state index in [4.69, 9.17) is 14.2 Å². The number of hydrogen-bond donors (Lipinski definition) is 1. The molecule has 0 aliphatic carbocycles. The predicted octanol–water partition coefficient (Wildman–Crippen LogP) is 0.728. The van der Waals surface area contributed by atoms with Gasteiger partial charge in [-0.05, 0) is 24.1 Å². The lowest BCUT2D eigenvalue weighted by atomic mass is 10.1. The number of benzene rings is 1. The molecule has 1 saturated heterocycles. The Morgan fingerprint density at radius 1 is 1.12 bits per heavy atom. The summed E-state index contributed by atoms with van der Waals surface area (Å²) in [6.45, 7) is 7.72. The number of fused-ring (bicyclic) bond motifs is 1. The smallest absolute Gasteiger partial charge is 0.234 e. The van der Waals surface area contributed by atoms with Crippen LogP contribution in [0.2, 0.25) is 0 Å². The van der Waals surface area contributed by atoms with Gasteiger partial charge in [0.2, 0.25) is 5.91 Å². The van der Waals surface area contributed by atoms with Crippen molar-refractivity contribution in [3.63, 3.8) is 0 Å². The van der Waals surface area contributed by atoms with Gasteiger partial charge < -0.3 is 19.5 Å². The number of rotatable bonds is 8. The van der Waals surface area contributed by atoms with Gasteiger partial charge in [0, 0.05) is 53.0 Å². The van der Waals surface area contributed by atoms with Crippen LogP contribution in [0.1, 0.15) is 12.0 Å². The van der Waals surface area contributed by atoms with Crippen molar-refractivity contribution in [1.29, 1.82) is 0 Å². The van der Waals surface area contributed by atoms with Crippen LogP contribution in [-0.2, 0) is 16.1 Å². The first kappa shape index (κ1) is 18.9. The molecule has 144 valence electrons. The molecule has 0 bridgehead atoms. The molecule has 1 N–H and O–H groups in total. The molecule has 1 fully saturated rings. The van der Waals surface area contributed by atoms with Crippen LogP contribution < -0.4 is 14.8 Å². The molecule has 0 spiro atoms. The second-order valence-corrected chi connectivity index (χ2v) is 6.73. The van der Waals surface area contributed by atoms with Crippen molar-refractivity contribution in [2.45, 2.75) is 13.0 Å². The van der Waals surface area contributed by atoms with Crippen LogP contribution in [0, 0.1) is 0 Å². The van der Waals surface area contributed by atoms with Gasteiger partial charge in [-0.3, -0.25) is 14.6 Å². The van der Waals surface area contributed by atoms with Crippen LogP contribution in [0.5, 0.6) is 11.5 Å². The number of carbonyl (C=O) groups excluding carboxylic acids is 1. The summed E-state index contributed by atoms with van der Waals surface area (Å²) in [5.41, 5.74) is 1.23. The highest BCUT2D eigenvalue weighted by atomic mass is 16.6. The van der Waals surface area contributed by atoms with Gasteiger partial charge in [-0.2, -0.15) is 0 Å². The van der Waals surface area contributed by atoms with E-state index in [1.165, 1.54) is 5.56 Å². The number of nitrogens with zero attached hydrogens (tertiary/aromatic N) is 2. The number of methoxy groups -OCH3 is 1. The fraction of sp³-hybridized carbons (Fsp3) is 0.632. The summed E-state index contributed by atoms with van der Waals surface area (Å²) in [6, 6.07) is 6.18. The predicted molar refractivity (Wildman–Crippen MR) is 98.7 cm³/mol. The van der Waals surface area contributed by atoms with Crippen LogP contribution in [-0.4, -0.2) is 81.9 Å². The summed E-state index contributed by atoms with van der Waals surface area (Å²) in [5, 5.41) is 2.94. The molecule has 0 radical (unpaired) electrons. The Balaban J connectivity index is 1.38. The monoisotopic (exact) mass is 363 g/mol. The van der Waals surface area contributed by atoms with Crippen LogP contribution in [0.4, 0.5) is 0 Å². The van der Waals surface area contributed by atoms with E-state index < -0.39 is 0 Å². The Kier molecular flexibility index (Phi) is 7.11. The number of hydrogen-bond acceptors (Lipinski definition) is 6. The van der Waals surface area contributed by atoms with E-state index in [9.17, 15) is 4.79 Å². The highest BCUT2D eigenvalue weighted by molar-refractivity contribution is 5.77. The Labute approximate surface area is 155 Å². The lowest BCUT2D eigenvalue weighted by Crippen LogP contribution is -2.49. The van der Waals surface area contributed by atoms with Crippen molar-refractivity contribution < 1.29 is 19.0 Å². The summed E-state index contributed by atoms with van der Waals surface area (Å²) in [7, 11) is 1.67. The third-order valence-corrected chi connectivity index (χ3v) is 4.69. The van der Waals surface area contributed by atoms with E-state index in [1.54, 1.807) is 7.11 Å². The minimum Gasteiger partial charge on any atom is -0.486 e. The van der Waals surface area contributed by atoms with E-state index in [1.807, 2.05) is 6.07 Å². The molecule has 1 aromatic rings. The van der Waals surface area contributed by atoms with Crippen LogP contribution in [0.3, 0.4) is 0 Å². The maximum absolute atomic E-state index is 12.0. The van der Waals surface area contributed by atoms with Crippen molar-refractivity contribution in [1.82, 2.24) is 15.1 Å². The molecule has 0 saturated carbocycles. The number of carbonyl (C=O) groups is 1. The molecule has 0 atom stereocenters. The van der Waals surface area contributed by atoms with Gasteiger partial charge in [0.05, 0.1) is 6.54 Å². The number of ether oxygens (including phenoxy) is 3. The Morgan fingerprint density at radius 2 is 1.85 bits per heavy atom. The standard InChI is InChI=1S/C19H29N3O4/c1-24-10-2-5-20-19(23)15-22-8-6-21(7-9-22)14-16-3-4-17-18(13-16)26-12-11-25-17/h3-4,13H,2,5-12,14-15H2,1H3,(H,20,23). The molecule has 7 nitrogen and oxygen atoms in total. The molecular formula is C19H29N3O4. The van der Waals surface area contributed by atoms with Crippen molar-refractivity contribution >= 4 is 5.91 Å². The normalized spacial score (nSPS) is 17.9. The Hall–Kier alpha value is -1.83. The van der Waals surface area contributed by atoms with Crippen LogP contribution in [0.15, 0.2) is 18.2 Å². The molecule has 7 heteroatoms. The first-order valence-corrected chi connectivity index (χ1v) is 9.33. The van der Waals surface area contributed by atoms with Crippen molar-refractivity contribution in [3.05, 3.63) is 23.8 Å². The maximum atomic E-state index is 12.0. The molecular weight excluding hydrogens is 334 g/mol. The molecule has 2 aliphatic rings. The van der Waals surface area contributed by atoms with E-state index in [-0.39, 0.29) is 5.91 Å². The zero-order valence-corrected chi connectivity index (χ0v) is 15.5. The topological polar surface area (TPSA) is 63.3 Å². The summed E-state index contributed by atoms with van der Waals surface area (Å²) in [4.78, 5) is 16.6. The van der Waals surface area contributed by atoms with Crippen molar-refractivity contribution in [3.8, 4) is 11.5 Å². The minimum absolute atomic E-state index is 0.0985. The molecule has 1 amide bonds. The Morgan fingerprint density at radius 3 is 2.62 bits per heavy atom. The molecule has 1 aromatic carbocycles. The average molecular weight is 363 g/mol. The summed E-state index contributed by atoms with van der Waals surface area (Å²) >= 11 is 0. The van der Waals surface area contributed by atoms with E-state index in [2.05, 4.69) is 27.2 Å². The first-order chi connectivity index (χ1) is 12.7. The van der Waals surface area contributed by atoms with E-state index in [0.29, 0.717) is 32.9 Å². The van der Waals surface area contributed by atoms with Crippen LogP contribution in [0.25, 0.3) is 0 Å². The molecule has 0 unspecified atom stereocenters. The van der Waals surface area contributed by atoms with Gasteiger partial charge in [0.25, 0.3) is 0 Å². The molecule has 2 heterocycles. The molecule has 3 rings (SSSR count). The fourth-order valence-corrected chi connectivity index (χ4v) is 3.25. The fourth-order valence-electron chi connectivity index (χ4n) is 3.25. The van der Waals surface area contributed by atoms with E-state index >= 15 is 0 Å². The lowest BCUT2D eigenvalue weighted by molar-refractivity contribution is -0.122. The van der Waals surface area contributed by atoms with Gasteiger partial charge in [0.1, 0.15) is 13.2 Å². The second kappa shape index (κ2) is 9.75. The minimum atomic E-state index is 0.0985. The molecule has 0 aromatic heterocycles. The summed E-state index contributed by atoms with van der Waals surface area (Å²) < 4.78 is 16.2. The zero-order chi connectivity index (χ0) is 18.2. The van der Waals surface area contributed by atoms with Gasteiger partial charge in [-0.25, -0.2) is 0 Å². The highest BCUT2D eigenvalue weighted by Gasteiger charge is 2.20. The quantitative estimate of drug-likeness (QED) is 0.687. The molecule has 26 heavy (non-hydrogen) atoms. The third-order valence-electron chi connectivity index (χ3n) is 4.69. The largest absolute Gasteiger partial charge is 0.486 e. The van der Waals surface area contributed by atoms with Crippen molar-refractivity contribution in [2.24, 2.45) is 0 Å². The number of nitrogens with one attached hydrogen (secondary N) is 1. The van der Waals surface area contributed by atoms with Gasteiger partial charge in [-0.1, -0.05) is 6.07 Å². The van der Waals surface area contributed by atoms with Gasteiger partial charge in [-0.15, -0.1) is 0 Å². The summed E-state index contributed by atoms with van der Waals surface area (Å²) in [5.74, 6) is 1.78. The average Bonchev–Trinajstić information content (AvgIpc) is 2.67. The van der Waals surface area contributed by atoms with Gasteiger partial charge in [0.15, 0.2) is 11.5 Å². The second-order valence-electron chi connectivity index (χ2n) is 6.73. The van der Waals surface area contributed by atoms with E-state index in [0.717, 1.165) is 50.6 Å². The maximum Gasteiger partial charge on any atom is 0.234 e. The van der Waals surface area contributed by atoms with Crippen molar-refractivity contribution in [2.75, 3.05) is 66.2 Å². The third kappa shape index (κ3) is 5.59. The van der Waals surface area contributed by atoms with Crippen LogP contribution >= 0.6 is 0 Å². The molecule has 2 aliphatic heterocycles. The summed E-state index contributed by atoms with van der Waals surface area (Å²) in [6.07, 6.45) is 0.853. The Bertz CT molecular complexity index is 588. The number of amides is 1. The highest BCUT2D eigenvalue weighted by Crippen LogP contribution is 2.31. The zero-order valence-electron chi connectivity index (χ0n) is 15.5. The lowest BCUT2D eigenvalue weighted by Gasteiger charge is -2.34. The first-order valence-electron chi connectivity index (χ1n) is 9.33. The SMILES string of the molecule is COCCCNC(=O)CN1CCN(Cc2ccc3c(c2)OCCO3)CC1. The number of piperazine rings is 1.